The van der Waals surface area contributed by atoms with E-state index in [0.717, 1.165) is 6.42 Å². The number of H-pyrrole nitrogens is 1. The number of aryl methyl sites for hydroxylation is 2. The van der Waals surface area contributed by atoms with Crippen molar-refractivity contribution in [2.45, 2.75) is 33.6 Å². The van der Waals surface area contributed by atoms with E-state index in [2.05, 4.69) is 15.1 Å². The highest BCUT2D eigenvalue weighted by atomic mass is 16.5. The second kappa shape index (κ2) is 10.5. The number of carbonyl (C=O) groups is 1. The van der Waals surface area contributed by atoms with Crippen LogP contribution in [-0.2, 0) is 13.5 Å². The number of hydrogen-bond acceptors (Lipinski definition) is 7. The first kappa shape index (κ1) is 15.8. The number of carbonyl (C=O) groups excluding carboxylic acids is 1. The van der Waals surface area contributed by atoms with Crippen LogP contribution < -0.4 is 10.3 Å². The van der Waals surface area contributed by atoms with Gasteiger partial charge in [-0.05, 0) is 38.1 Å². The first-order valence-electron chi connectivity index (χ1n) is 15.3. The molecule has 1 aliphatic heterocycles. The first-order chi connectivity index (χ1) is 19.5. The monoisotopic (exact) mass is 474 g/mol. The summed E-state index contributed by atoms with van der Waals surface area (Å²) in [5.74, 6) is -0.404. The van der Waals surface area contributed by atoms with Gasteiger partial charge in [0.05, 0.1) is 24.4 Å². The molecule has 0 unspecified atom stereocenters. The lowest BCUT2D eigenvalue weighted by molar-refractivity contribution is 0.0859. The Morgan fingerprint density at radius 3 is 2.59 bits per heavy atom. The van der Waals surface area contributed by atoms with Gasteiger partial charge in [-0.25, -0.2) is 4.98 Å². The summed E-state index contributed by atoms with van der Waals surface area (Å²) in [5.41, 5.74) is 1.09. The van der Waals surface area contributed by atoms with Gasteiger partial charge < -0.3 is 14.6 Å². The van der Waals surface area contributed by atoms with Crippen LogP contribution in [0.4, 0.5) is 0 Å². The summed E-state index contributed by atoms with van der Waals surface area (Å²) in [5, 5.41) is 4.41. The van der Waals surface area contributed by atoms with Crippen molar-refractivity contribution in [3.63, 3.8) is 0 Å². The lowest BCUT2D eigenvalue weighted by Crippen LogP contribution is -2.47. The van der Waals surface area contributed by atoms with Gasteiger partial charge >= 0.3 is 0 Å². The van der Waals surface area contributed by atoms with Crippen LogP contribution >= 0.6 is 0 Å². The van der Waals surface area contributed by atoms with E-state index in [1.54, 1.807) is 14.0 Å². The Hall–Kier alpha value is -3.04. The number of rotatable bonds is 9. The predicted molar refractivity (Wildman–Crippen MR) is 133 cm³/mol. The lowest BCUT2D eigenvalue weighted by atomic mass is 10.0. The van der Waals surface area contributed by atoms with Crippen molar-refractivity contribution >= 4 is 16.8 Å². The standard InChI is InChI=1S/C25H34N6O3/c1-5-8-19-22-23(29(4)28-19)25(33)27-24(26-22)18-15-17(9-10-21(18)34-7-3)20(32)16-31-13-11-30(6-2)12-14-31/h9-10,15H,5-8,11-14,16H2,1-4H3,(H,26,27,33)/i11D2,12D2,13D2,14D2. The Labute approximate surface area is 211 Å². The highest BCUT2D eigenvalue weighted by Crippen LogP contribution is 2.30. The number of aromatic nitrogens is 4. The third-order valence-corrected chi connectivity index (χ3v) is 5.36. The van der Waals surface area contributed by atoms with Crippen LogP contribution in [0.3, 0.4) is 0 Å². The van der Waals surface area contributed by atoms with Crippen LogP contribution in [0.2, 0.25) is 0 Å². The summed E-state index contributed by atoms with van der Waals surface area (Å²) < 4.78 is 74.4. The van der Waals surface area contributed by atoms with Crippen molar-refractivity contribution in [2.75, 3.05) is 45.7 Å². The molecule has 0 spiro atoms. The van der Waals surface area contributed by atoms with E-state index in [9.17, 15) is 9.59 Å². The van der Waals surface area contributed by atoms with Gasteiger partial charge in [0.2, 0.25) is 0 Å². The summed E-state index contributed by atoms with van der Waals surface area (Å²) in [4.78, 5) is 34.7. The molecular formula is C25H34N6O3. The maximum absolute atomic E-state index is 13.6. The Morgan fingerprint density at radius 2 is 1.91 bits per heavy atom. The number of aromatic amines is 1. The largest absolute Gasteiger partial charge is 0.493 e. The summed E-state index contributed by atoms with van der Waals surface area (Å²) in [6, 6.07) is 4.24. The average molecular weight is 475 g/mol. The van der Waals surface area contributed by atoms with Gasteiger partial charge in [0.15, 0.2) is 11.3 Å². The number of fused-ring (bicyclic) bond motifs is 1. The van der Waals surface area contributed by atoms with E-state index in [-0.39, 0.29) is 35.6 Å². The second-order valence-electron chi connectivity index (χ2n) is 7.78. The number of nitrogens with zero attached hydrogens (tertiary/aromatic N) is 5. The predicted octanol–water partition coefficient (Wildman–Crippen LogP) is 2.50. The molecule has 1 saturated heterocycles. The van der Waals surface area contributed by atoms with Gasteiger partial charge in [0, 0.05) is 49.6 Å². The third-order valence-electron chi connectivity index (χ3n) is 5.36. The molecule has 0 aliphatic carbocycles. The molecule has 3 aromatic rings. The zero-order valence-corrected chi connectivity index (χ0v) is 19.7. The van der Waals surface area contributed by atoms with Crippen molar-refractivity contribution in [2.24, 2.45) is 7.05 Å². The van der Waals surface area contributed by atoms with E-state index >= 15 is 0 Å². The number of hydrogen-bond donors (Lipinski definition) is 1. The van der Waals surface area contributed by atoms with Gasteiger partial charge in [-0.3, -0.25) is 19.2 Å². The Morgan fingerprint density at radius 1 is 1.18 bits per heavy atom. The quantitative estimate of drug-likeness (QED) is 0.476. The molecule has 0 radical (unpaired) electrons. The third kappa shape index (κ3) is 4.90. The van der Waals surface area contributed by atoms with Crippen molar-refractivity contribution in [3.05, 3.63) is 39.8 Å². The molecule has 2 aromatic heterocycles. The summed E-state index contributed by atoms with van der Waals surface area (Å²) in [6.07, 6.45) is 1.35. The SMILES string of the molecule is [2H]C1([2H])N(CC)C([2H])([2H])C([2H])([2H])N(CC(=O)c2ccc(OCC)c(-c3nc4c(CCC)nn(C)c4c(=O)[nH]3)c2)C1([2H])[2H]. The topological polar surface area (TPSA) is 96.3 Å². The van der Waals surface area contributed by atoms with Crippen LogP contribution in [0.5, 0.6) is 5.75 Å². The molecule has 1 aliphatic rings. The van der Waals surface area contributed by atoms with E-state index in [0.29, 0.717) is 33.2 Å². The minimum atomic E-state index is -3.09. The fourth-order valence-corrected chi connectivity index (χ4v) is 3.72. The lowest BCUT2D eigenvalue weighted by Gasteiger charge is -2.33. The number of ketones is 1. The van der Waals surface area contributed by atoms with Gasteiger partial charge in [0.25, 0.3) is 5.56 Å². The van der Waals surface area contributed by atoms with Gasteiger partial charge in [-0.1, -0.05) is 20.3 Å². The molecule has 0 atom stereocenters. The second-order valence-corrected chi connectivity index (χ2v) is 7.78. The van der Waals surface area contributed by atoms with Crippen molar-refractivity contribution in [1.82, 2.24) is 29.5 Å². The van der Waals surface area contributed by atoms with Crippen LogP contribution in [-0.4, -0.2) is 81.0 Å². The molecule has 0 saturated carbocycles. The molecule has 1 fully saturated rings. The van der Waals surface area contributed by atoms with E-state index in [1.165, 1.54) is 29.8 Å². The minimum absolute atomic E-state index is 0.0261. The zero-order chi connectivity index (χ0) is 31.4. The molecule has 1 aromatic carbocycles. The number of benzene rings is 1. The van der Waals surface area contributed by atoms with Gasteiger partial charge in [0.1, 0.15) is 17.1 Å². The number of piperazine rings is 1. The maximum Gasteiger partial charge on any atom is 0.277 e. The van der Waals surface area contributed by atoms with E-state index < -0.39 is 43.9 Å². The van der Waals surface area contributed by atoms with Crippen molar-refractivity contribution in [3.8, 4) is 17.1 Å². The van der Waals surface area contributed by atoms with Crippen LogP contribution in [0, 0.1) is 0 Å². The molecule has 1 N–H and O–H groups in total. The highest BCUT2D eigenvalue weighted by Gasteiger charge is 2.21. The molecule has 34 heavy (non-hydrogen) atoms. The molecule has 182 valence electrons. The van der Waals surface area contributed by atoms with E-state index in [1.807, 2.05) is 6.92 Å². The normalized spacial score (nSPS) is 24.6. The zero-order valence-electron chi connectivity index (χ0n) is 27.7. The molecule has 0 amide bonds. The van der Waals surface area contributed by atoms with Crippen molar-refractivity contribution in [1.29, 1.82) is 0 Å². The van der Waals surface area contributed by atoms with Crippen LogP contribution in [0.25, 0.3) is 22.4 Å². The Kier molecular flexibility index (Phi) is 4.87. The number of likely N-dealkylation sites (N-methyl/N-ethyl adjacent to an activating group) is 1. The Bertz CT molecular complexity index is 1540. The molecule has 3 heterocycles. The van der Waals surface area contributed by atoms with E-state index in [4.69, 9.17) is 15.7 Å². The van der Waals surface area contributed by atoms with Gasteiger partial charge in [-0.2, -0.15) is 5.10 Å². The fraction of sp³-hybridized carbons (Fsp3) is 0.520. The number of Topliss-reactive ketones (excluding diaryl/α,β-unsaturated/α-hetero) is 1. The smallest absolute Gasteiger partial charge is 0.277 e. The number of nitrogens with one attached hydrogen (secondary N) is 1. The van der Waals surface area contributed by atoms with Crippen LogP contribution in [0.1, 0.15) is 54.2 Å². The molecule has 9 nitrogen and oxygen atoms in total. The average Bonchev–Trinajstić information content (AvgIpc) is 3.22. The number of ether oxygens (including phenoxy) is 1. The maximum atomic E-state index is 13.6. The summed E-state index contributed by atoms with van der Waals surface area (Å²) in [6.45, 7) is -8.02. The molecule has 4 rings (SSSR count). The molecule has 9 heteroatoms. The fourth-order valence-electron chi connectivity index (χ4n) is 3.72. The minimum Gasteiger partial charge on any atom is -0.493 e. The van der Waals surface area contributed by atoms with Gasteiger partial charge in [-0.15, -0.1) is 0 Å². The van der Waals surface area contributed by atoms with Crippen molar-refractivity contribution < 1.29 is 20.5 Å². The van der Waals surface area contributed by atoms with Crippen LogP contribution in [0.15, 0.2) is 23.0 Å². The summed E-state index contributed by atoms with van der Waals surface area (Å²) >= 11 is 0. The Balaban J connectivity index is 1.81. The molecular weight excluding hydrogens is 432 g/mol. The highest BCUT2D eigenvalue weighted by molar-refractivity contribution is 5.99. The molecule has 0 bridgehead atoms. The first-order valence-corrected chi connectivity index (χ1v) is 11.3. The summed E-state index contributed by atoms with van der Waals surface area (Å²) in [7, 11) is 1.64.